The van der Waals surface area contributed by atoms with Gasteiger partial charge in [0.05, 0.1) is 4.90 Å². The molecule has 2 aliphatic rings. The number of benzene rings is 1. The number of rotatable bonds is 6. The second kappa shape index (κ2) is 7.01. The van der Waals surface area contributed by atoms with E-state index < -0.39 is 27.6 Å². The van der Waals surface area contributed by atoms with Crippen LogP contribution in [0.5, 0.6) is 0 Å². The van der Waals surface area contributed by atoms with Gasteiger partial charge < -0.3 is 20.8 Å². The lowest BCUT2D eigenvalue weighted by Gasteiger charge is -2.40. The number of nitrogens with one attached hydrogen (secondary N) is 2. The van der Waals surface area contributed by atoms with Crippen molar-refractivity contribution < 1.29 is 28.2 Å². The highest BCUT2D eigenvalue weighted by molar-refractivity contribution is 7.89. The molecule has 4 N–H and O–H groups in total. The summed E-state index contributed by atoms with van der Waals surface area (Å²) in [7, 11) is -3.64. The highest BCUT2D eigenvalue weighted by atomic mass is 32.2. The maximum atomic E-state index is 13.0. The molecule has 0 aromatic heterocycles. The first-order valence-electron chi connectivity index (χ1n) is 8.66. The van der Waals surface area contributed by atoms with Gasteiger partial charge in [-0.2, -0.15) is 4.31 Å². The molecule has 1 aromatic rings. The number of hydrogen-bond donors (Lipinski definition) is 4. The molecule has 10 heteroatoms. The molecule has 1 aliphatic heterocycles. The number of amides is 2. The first-order valence-corrected chi connectivity index (χ1v) is 10.1. The largest absolute Gasteiger partial charge is 0.465 e. The zero-order valence-electron chi connectivity index (χ0n) is 14.9. The number of carboxylic acid groups (broad SMARTS) is 2. The third-order valence-corrected chi connectivity index (χ3v) is 7.62. The minimum atomic E-state index is -3.64. The van der Waals surface area contributed by atoms with Crippen molar-refractivity contribution in [1.29, 1.82) is 0 Å². The van der Waals surface area contributed by atoms with Gasteiger partial charge in [-0.3, -0.25) is 0 Å². The molecule has 148 valence electrons. The van der Waals surface area contributed by atoms with E-state index in [1.807, 2.05) is 6.92 Å². The van der Waals surface area contributed by atoms with Gasteiger partial charge in [0.1, 0.15) is 0 Å². The lowest BCUT2D eigenvalue weighted by molar-refractivity contribution is 0.121. The van der Waals surface area contributed by atoms with E-state index in [2.05, 4.69) is 10.6 Å². The fourth-order valence-electron chi connectivity index (χ4n) is 4.29. The van der Waals surface area contributed by atoms with Crippen LogP contribution in [0.3, 0.4) is 0 Å². The van der Waals surface area contributed by atoms with E-state index in [0.717, 1.165) is 5.56 Å². The number of sulfonamides is 1. The molecule has 2 fully saturated rings. The van der Waals surface area contributed by atoms with Gasteiger partial charge in [-0.05, 0) is 37.8 Å². The molecule has 2 amide bonds. The quantitative estimate of drug-likeness (QED) is 0.571. The molecule has 0 unspecified atom stereocenters. The summed E-state index contributed by atoms with van der Waals surface area (Å²) in [4.78, 5) is 22.1. The van der Waals surface area contributed by atoms with Crippen molar-refractivity contribution in [3.8, 4) is 0 Å². The summed E-state index contributed by atoms with van der Waals surface area (Å²) in [6.45, 7) is 2.31. The number of carbonyl (C=O) groups is 2. The normalized spacial score (nSPS) is 23.9. The van der Waals surface area contributed by atoms with Crippen LogP contribution in [-0.4, -0.2) is 60.8 Å². The molecule has 2 bridgehead atoms. The Hall–Kier alpha value is -2.33. The molecule has 9 nitrogen and oxygen atoms in total. The smallest absolute Gasteiger partial charge is 0.404 e. The van der Waals surface area contributed by atoms with E-state index in [0.29, 0.717) is 12.8 Å². The minimum absolute atomic E-state index is 0.0855. The zero-order valence-corrected chi connectivity index (χ0v) is 15.7. The fourth-order valence-corrected chi connectivity index (χ4v) is 5.97. The number of piperidine rings is 1. The van der Waals surface area contributed by atoms with Crippen LogP contribution in [0.2, 0.25) is 0 Å². The van der Waals surface area contributed by atoms with E-state index >= 15 is 0 Å². The van der Waals surface area contributed by atoms with Gasteiger partial charge in [-0.25, -0.2) is 18.0 Å². The van der Waals surface area contributed by atoms with Gasteiger partial charge in [-0.15, -0.1) is 0 Å². The minimum Gasteiger partial charge on any atom is -0.465 e. The van der Waals surface area contributed by atoms with E-state index in [1.54, 1.807) is 24.3 Å². The zero-order chi connectivity index (χ0) is 19.8. The lowest BCUT2D eigenvalue weighted by Crippen LogP contribution is -2.53. The van der Waals surface area contributed by atoms with Crippen LogP contribution in [0.4, 0.5) is 9.59 Å². The first-order chi connectivity index (χ1) is 12.6. The van der Waals surface area contributed by atoms with Crippen LogP contribution in [0, 0.1) is 18.3 Å². The van der Waals surface area contributed by atoms with Crippen molar-refractivity contribution in [2.75, 3.05) is 19.6 Å². The average Bonchev–Trinajstić information content (AvgIpc) is 3.17. The van der Waals surface area contributed by atoms with Gasteiger partial charge >= 0.3 is 12.2 Å². The summed E-state index contributed by atoms with van der Waals surface area (Å²) < 4.78 is 27.4. The summed E-state index contributed by atoms with van der Waals surface area (Å²) in [5.41, 5.74) is 0.344. The predicted octanol–water partition coefficient (Wildman–Crippen LogP) is 1.30. The summed E-state index contributed by atoms with van der Waals surface area (Å²) in [5.74, 6) is -0.124. The van der Waals surface area contributed by atoms with Gasteiger partial charge in [0, 0.05) is 31.1 Å². The Balaban J connectivity index is 1.80. The Morgan fingerprint density at radius 2 is 1.70 bits per heavy atom. The molecule has 3 rings (SSSR count). The number of fused-ring (bicyclic) bond motifs is 2. The van der Waals surface area contributed by atoms with Crippen molar-refractivity contribution in [2.45, 2.75) is 30.7 Å². The van der Waals surface area contributed by atoms with Crippen molar-refractivity contribution >= 4 is 22.2 Å². The third-order valence-electron chi connectivity index (χ3n) is 5.68. The van der Waals surface area contributed by atoms with E-state index in [-0.39, 0.29) is 36.5 Å². The van der Waals surface area contributed by atoms with Crippen LogP contribution in [0.1, 0.15) is 18.4 Å². The van der Waals surface area contributed by atoms with Gasteiger partial charge in [0.25, 0.3) is 0 Å². The Morgan fingerprint density at radius 3 is 2.15 bits per heavy atom. The van der Waals surface area contributed by atoms with E-state index in [1.165, 1.54) is 4.31 Å². The lowest BCUT2D eigenvalue weighted by atomic mass is 9.76. The average molecular weight is 397 g/mol. The van der Waals surface area contributed by atoms with Gasteiger partial charge in [0.15, 0.2) is 0 Å². The number of nitrogens with zero attached hydrogens (tertiary/aromatic N) is 1. The fraction of sp³-hybridized carbons (Fsp3) is 0.529. The van der Waals surface area contributed by atoms with E-state index in [9.17, 15) is 18.0 Å². The van der Waals surface area contributed by atoms with Crippen molar-refractivity contribution in [2.24, 2.45) is 11.3 Å². The molecule has 0 radical (unpaired) electrons. The summed E-state index contributed by atoms with van der Waals surface area (Å²) >= 11 is 0. The monoisotopic (exact) mass is 397 g/mol. The highest BCUT2D eigenvalue weighted by Gasteiger charge is 2.57. The Bertz CT molecular complexity index is 821. The third kappa shape index (κ3) is 3.72. The number of hydrogen-bond acceptors (Lipinski definition) is 4. The molecule has 27 heavy (non-hydrogen) atoms. The maximum Gasteiger partial charge on any atom is 0.404 e. The molecule has 1 heterocycles. The molecule has 1 aliphatic carbocycles. The van der Waals surface area contributed by atoms with Crippen LogP contribution < -0.4 is 10.6 Å². The Kier molecular flexibility index (Phi) is 5.04. The first kappa shape index (κ1) is 19.4. The number of aryl methyl sites for hydroxylation is 1. The summed E-state index contributed by atoms with van der Waals surface area (Å²) in [5, 5.41) is 22.6. The second-order valence-electron chi connectivity index (χ2n) is 7.36. The SMILES string of the molecule is Cc1ccc(S(=O)(=O)N2C[C@H]3C[C@@H]2CC3(CNC(=O)O)CNC(=O)O)cc1. The van der Waals surface area contributed by atoms with Crippen molar-refractivity contribution in [1.82, 2.24) is 14.9 Å². The van der Waals surface area contributed by atoms with Gasteiger partial charge in [0.2, 0.25) is 10.0 Å². The molecule has 1 saturated carbocycles. The highest BCUT2D eigenvalue weighted by Crippen LogP contribution is 2.51. The summed E-state index contributed by atoms with van der Waals surface area (Å²) in [6.07, 6.45) is -1.37. The molecular weight excluding hydrogens is 374 g/mol. The molecular formula is C17H23N3O6S. The molecule has 2 atom stereocenters. The van der Waals surface area contributed by atoms with Crippen LogP contribution in [0.15, 0.2) is 29.2 Å². The predicted molar refractivity (Wildman–Crippen MR) is 96.1 cm³/mol. The second-order valence-corrected chi connectivity index (χ2v) is 9.25. The van der Waals surface area contributed by atoms with Crippen molar-refractivity contribution in [3.05, 3.63) is 29.8 Å². The van der Waals surface area contributed by atoms with Crippen LogP contribution in [0.25, 0.3) is 0 Å². The van der Waals surface area contributed by atoms with E-state index in [4.69, 9.17) is 10.2 Å². The molecule has 1 aromatic carbocycles. The Morgan fingerprint density at radius 1 is 1.15 bits per heavy atom. The summed E-state index contributed by atoms with van der Waals surface area (Å²) in [6, 6.07) is 6.40. The molecule has 0 spiro atoms. The standard InChI is InChI=1S/C17H23N3O6S/c1-11-2-4-14(5-3-11)27(25,26)20-8-12-6-13(20)7-17(12,9-18-15(21)22)10-19-16(23)24/h2-5,12-13,18-19H,6-10H2,1H3,(H,21,22)(H,23,24)/t12-,13-/m1/s1. The van der Waals surface area contributed by atoms with Crippen molar-refractivity contribution in [3.63, 3.8) is 0 Å². The van der Waals surface area contributed by atoms with Crippen LogP contribution >= 0.6 is 0 Å². The Labute approximate surface area is 157 Å². The van der Waals surface area contributed by atoms with Crippen LogP contribution in [-0.2, 0) is 10.0 Å². The molecule has 1 saturated heterocycles. The van der Waals surface area contributed by atoms with Gasteiger partial charge in [-0.1, -0.05) is 17.7 Å². The maximum absolute atomic E-state index is 13.0. The topological polar surface area (TPSA) is 136 Å².